The van der Waals surface area contributed by atoms with E-state index in [1.807, 2.05) is 29.4 Å². The fourth-order valence-corrected chi connectivity index (χ4v) is 3.19. The molecule has 1 amide bonds. The molecule has 0 radical (unpaired) electrons. The maximum absolute atomic E-state index is 12.1. The summed E-state index contributed by atoms with van der Waals surface area (Å²) in [5.41, 5.74) is 7.04. The lowest BCUT2D eigenvalue weighted by molar-refractivity contribution is 0.0925. The lowest BCUT2D eigenvalue weighted by Gasteiger charge is -2.22. The van der Waals surface area contributed by atoms with E-state index in [2.05, 4.69) is 5.32 Å². The molecule has 1 aromatic heterocycles. The standard InChI is InChI=1S/C12H19N3OS/c1-2-15-8-9(13)7-11(15)12(16)14-10-3-5-17-6-4-10/h7-8,10H,2-6,13H2,1H3,(H,14,16). The number of rotatable bonds is 3. The Morgan fingerprint density at radius 3 is 2.94 bits per heavy atom. The zero-order chi connectivity index (χ0) is 12.3. The van der Waals surface area contributed by atoms with E-state index in [4.69, 9.17) is 5.73 Å². The lowest BCUT2D eigenvalue weighted by atomic mass is 10.1. The fraction of sp³-hybridized carbons (Fsp3) is 0.583. The van der Waals surface area contributed by atoms with Gasteiger partial charge in [-0.3, -0.25) is 4.79 Å². The summed E-state index contributed by atoms with van der Waals surface area (Å²) in [6.07, 6.45) is 3.95. The van der Waals surface area contributed by atoms with Crippen molar-refractivity contribution in [3.63, 3.8) is 0 Å². The molecule has 0 saturated carbocycles. The fourth-order valence-electron chi connectivity index (χ4n) is 2.09. The van der Waals surface area contributed by atoms with Crippen LogP contribution in [0, 0.1) is 0 Å². The minimum atomic E-state index is 0.000417. The largest absolute Gasteiger partial charge is 0.397 e. The maximum Gasteiger partial charge on any atom is 0.268 e. The van der Waals surface area contributed by atoms with Crippen molar-refractivity contribution < 1.29 is 4.79 Å². The second-order valence-corrected chi connectivity index (χ2v) is 5.53. The van der Waals surface area contributed by atoms with Crippen LogP contribution in [0.25, 0.3) is 0 Å². The SMILES string of the molecule is CCn1cc(N)cc1C(=O)NC1CCSCC1. The first-order valence-corrected chi connectivity index (χ1v) is 7.20. The van der Waals surface area contributed by atoms with E-state index < -0.39 is 0 Å². The number of amides is 1. The molecule has 2 heterocycles. The van der Waals surface area contributed by atoms with Gasteiger partial charge in [0.05, 0.1) is 5.69 Å². The molecule has 0 unspecified atom stereocenters. The predicted molar refractivity (Wildman–Crippen MR) is 72.3 cm³/mol. The van der Waals surface area contributed by atoms with Crippen molar-refractivity contribution >= 4 is 23.4 Å². The van der Waals surface area contributed by atoms with Crippen molar-refractivity contribution in [3.05, 3.63) is 18.0 Å². The van der Waals surface area contributed by atoms with Crippen LogP contribution in [0.1, 0.15) is 30.3 Å². The van der Waals surface area contributed by atoms with Gasteiger partial charge in [-0.25, -0.2) is 0 Å². The van der Waals surface area contributed by atoms with E-state index in [9.17, 15) is 4.79 Å². The van der Waals surface area contributed by atoms with Crippen LogP contribution < -0.4 is 11.1 Å². The number of hydrogen-bond donors (Lipinski definition) is 2. The molecule has 1 aromatic rings. The number of nitrogens with zero attached hydrogens (tertiary/aromatic N) is 1. The molecule has 0 bridgehead atoms. The van der Waals surface area contributed by atoms with Gasteiger partial charge in [-0.1, -0.05) is 0 Å². The number of thioether (sulfide) groups is 1. The third-order valence-electron chi connectivity index (χ3n) is 3.05. The Morgan fingerprint density at radius 2 is 2.29 bits per heavy atom. The second-order valence-electron chi connectivity index (χ2n) is 4.30. The number of nitrogen functional groups attached to an aromatic ring is 1. The molecule has 1 aliphatic rings. The summed E-state index contributed by atoms with van der Waals surface area (Å²) in [4.78, 5) is 12.1. The van der Waals surface area contributed by atoms with E-state index in [-0.39, 0.29) is 5.91 Å². The number of carbonyl (C=O) groups excluding carboxylic acids is 1. The first kappa shape index (κ1) is 12.4. The van der Waals surface area contributed by atoms with Crippen molar-refractivity contribution in [1.82, 2.24) is 9.88 Å². The number of nitrogens with two attached hydrogens (primary N) is 1. The lowest BCUT2D eigenvalue weighted by Crippen LogP contribution is -2.38. The summed E-state index contributed by atoms with van der Waals surface area (Å²) in [5, 5.41) is 3.09. The van der Waals surface area contributed by atoms with Gasteiger partial charge < -0.3 is 15.6 Å². The van der Waals surface area contributed by atoms with Crippen LogP contribution in [0.2, 0.25) is 0 Å². The highest BCUT2D eigenvalue weighted by molar-refractivity contribution is 7.99. The van der Waals surface area contributed by atoms with E-state index >= 15 is 0 Å². The molecule has 2 rings (SSSR count). The molecule has 0 aliphatic carbocycles. The molecule has 17 heavy (non-hydrogen) atoms. The smallest absolute Gasteiger partial charge is 0.268 e. The van der Waals surface area contributed by atoms with Crippen molar-refractivity contribution in [2.75, 3.05) is 17.2 Å². The third kappa shape index (κ3) is 2.97. The van der Waals surface area contributed by atoms with Crippen molar-refractivity contribution in [2.45, 2.75) is 32.4 Å². The van der Waals surface area contributed by atoms with Crippen LogP contribution in [-0.2, 0) is 6.54 Å². The normalized spacial score (nSPS) is 17.0. The minimum Gasteiger partial charge on any atom is -0.397 e. The van der Waals surface area contributed by atoms with Crippen LogP contribution in [0.5, 0.6) is 0 Å². The Kier molecular flexibility index (Phi) is 3.99. The molecule has 0 atom stereocenters. The van der Waals surface area contributed by atoms with Gasteiger partial charge in [0.25, 0.3) is 5.91 Å². The number of nitrogens with one attached hydrogen (secondary N) is 1. The highest BCUT2D eigenvalue weighted by Gasteiger charge is 2.19. The number of hydrogen-bond acceptors (Lipinski definition) is 3. The summed E-state index contributed by atoms with van der Waals surface area (Å²) >= 11 is 1.96. The average molecular weight is 253 g/mol. The molecular formula is C12H19N3OS. The van der Waals surface area contributed by atoms with E-state index in [1.165, 1.54) is 0 Å². The molecule has 5 heteroatoms. The molecule has 1 aliphatic heterocycles. The van der Waals surface area contributed by atoms with Gasteiger partial charge in [-0.05, 0) is 37.3 Å². The molecular weight excluding hydrogens is 234 g/mol. The van der Waals surface area contributed by atoms with Crippen LogP contribution in [0.3, 0.4) is 0 Å². The molecule has 3 N–H and O–H groups in total. The highest BCUT2D eigenvalue weighted by Crippen LogP contribution is 2.18. The van der Waals surface area contributed by atoms with Gasteiger partial charge in [0.1, 0.15) is 5.69 Å². The van der Waals surface area contributed by atoms with Gasteiger partial charge in [0, 0.05) is 18.8 Å². The van der Waals surface area contributed by atoms with Crippen LogP contribution >= 0.6 is 11.8 Å². The van der Waals surface area contributed by atoms with E-state index in [0.717, 1.165) is 30.9 Å². The molecule has 0 aromatic carbocycles. The monoisotopic (exact) mass is 253 g/mol. The maximum atomic E-state index is 12.1. The van der Waals surface area contributed by atoms with Crippen molar-refractivity contribution in [1.29, 1.82) is 0 Å². The van der Waals surface area contributed by atoms with Gasteiger partial charge in [0.2, 0.25) is 0 Å². The number of carbonyl (C=O) groups is 1. The van der Waals surface area contributed by atoms with Crippen molar-refractivity contribution in [3.8, 4) is 0 Å². The number of anilines is 1. The minimum absolute atomic E-state index is 0.000417. The topological polar surface area (TPSA) is 60.0 Å². The Labute approximate surface area is 106 Å². The molecule has 1 fully saturated rings. The summed E-state index contributed by atoms with van der Waals surface area (Å²) in [6.45, 7) is 2.77. The van der Waals surface area contributed by atoms with Gasteiger partial charge in [-0.2, -0.15) is 11.8 Å². The third-order valence-corrected chi connectivity index (χ3v) is 4.10. The molecule has 0 spiro atoms. The van der Waals surface area contributed by atoms with Crippen LogP contribution in [0.4, 0.5) is 5.69 Å². The Balaban J connectivity index is 2.02. The predicted octanol–water partition coefficient (Wildman–Crippen LogP) is 1.72. The number of aryl methyl sites for hydroxylation is 1. The van der Waals surface area contributed by atoms with Gasteiger partial charge in [0.15, 0.2) is 0 Å². The van der Waals surface area contributed by atoms with E-state index in [0.29, 0.717) is 17.4 Å². The van der Waals surface area contributed by atoms with Crippen LogP contribution in [0.15, 0.2) is 12.3 Å². The first-order chi connectivity index (χ1) is 8.20. The summed E-state index contributed by atoms with van der Waals surface area (Å²) in [7, 11) is 0. The second kappa shape index (κ2) is 5.49. The Hall–Kier alpha value is -1.10. The molecule has 1 saturated heterocycles. The Bertz CT molecular complexity index is 396. The molecule has 94 valence electrons. The van der Waals surface area contributed by atoms with Crippen LogP contribution in [-0.4, -0.2) is 28.0 Å². The molecule has 4 nitrogen and oxygen atoms in total. The summed E-state index contributed by atoms with van der Waals surface area (Å²) < 4.78 is 1.89. The highest BCUT2D eigenvalue weighted by atomic mass is 32.2. The summed E-state index contributed by atoms with van der Waals surface area (Å²) in [6, 6.07) is 2.07. The van der Waals surface area contributed by atoms with Gasteiger partial charge >= 0.3 is 0 Å². The summed E-state index contributed by atoms with van der Waals surface area (Å²) in [5.74, 6) is 2.28. The van der Waals surface area contributed by atoms with E-state index in [1.54, 1.807) is 6.07 Å². The van der Waals surface area contributed by atoms with Crippen molar-refractivity contribution in [2.24, 2.45) is 0 Å². The average Bonchev–Trinajstić information content (AvgIpc) is 2.72. The zero-order valence-corrected chi connectivity index (χ0v) is 10.9. The first-order valence-electron chi connectivity index (χ1n) is 6.05. The quantitative estimate of drug-likeness (QED) is 0.862. The Morgan fingerprint density at radius 1 is 1.59 bits per heavy atom. The van der Waals surface area contributed by atoms with Gasteiger partial charge in [-0.15, -0.1) is 0 Å². The zero-order valence-electron chi connectivity index (χ0n) is 10.1. The number of aromatic nitrogens is 1.